The van der Waals surface area contributed by atoms with Crippen molar-refractivity contribution in [1.29, 1.82) is 0 Å². The molecule has 8 heteroatoms. The van der Waals surface area contributed by atoms with E-state index in [4.69, 9.17) is 14.3 Å². The van der Waals surface area contributed by atoms with Gasteiger partial charge in [-0.25, -0.2) is 9.98 Å². The van der Waals surface area contributed by atoms with E-state index in [9.17, 15) is 0 Å². The highest BCUT2D eigenvalue weighted by atomic mass is 16.5. The monoisotopic (exact) mass is 412 g/mol. The van der Waals surface area contributed by atoms with Crippen molar-refractivity contribution in [1.82, 2.24) is 25.3 Å². The van der Waals surface area contributed by atoms with Gasteiger partial charge in [0.15, 0.2) is 5.96 Å². The van der Waals surface area contributed by atoms with Crippen LogP contribution in [0.15, 0.2) is 40.2 Å². The molecule has 1 aliphatic carbocycles. The number of hydrogen-bond acceptors (Lipinski definition) is 6. The Bertz CT molecular complexity index is 796. The van der Waals surface area contributed by atoms with Gasteiger partial charge in [-0.2, -0.15) is 0 Å². The van der Waals surface area contributed by atoms with Crippen molar-refractivity contribution in [3.63, 3.8) is 0 Å². The van der Waals surface area contributed by atoms with Crippen molar-refractivity contribution in [2.75, 3.05) is 32.7 Å². The third-order valence-corrected chi connectivity index (χ3v) is 5.68. The van der Waals surface area contributed by atoms with E-state index in [1.807, 2.05) is 24.4 Å². The Morgan fingerprint density at radius 1 is 1.23 bits per heavy atom. The molecule has 8 nitrogen and oxygen atoms in total. The number of ether oxygens (including phenoxy) is 1. The molecule has 0 spiro atoms. The second-order valence-corrected chi connectivity index (χ2v) is 7.95. The molecular weight excluding hydrogens is 380 g/mol. The molecule has 0 aromatic carbocycles. The Kier molecular flexibility index (Phi) is 7.18. The first-order valence-corrected chi connectivity index (χ1v) is 11.1. The Balaban J connectivity index is 1.32. The summed E-state index contributed by atoms with van der Waals surface area (Å²) in [5.74, 6) is 1.69. The van der Waals surface area contributed by atoms with E-state index in [2.05, 4.69) is 32.2 Å². The van der Waals surface area contributed by atoms with Crippen molar-refractivity contribution in [3.8, 4) is 5.88 Å². The van der Waals surface area contributed by atoms with Gasteiger partial charge in [-0.3, -0.25) is 4.90 Å². The third-order valence-electron chi connectivity index (χ3n) is 5.68. The molecule has 1 saturated heterocycles. The van der Waals surface area contributed by atoms with Crippen molar-refractivity contribution in [2.45, 2.75) is 51.8 Å². The van der Waals surface area contributed by atoms with Crippen LogP contribution in [-0.4, -0.2) is 64.7 Å². The Morgan fingerprint density at radius 3 is 2.80 bits per heavy atom. The van der Waals surface area contributed by atoms with Crippen LogP contribution in [-0.2, 0) is 13.1 Å². The van der Waals surface area contributed by atoms with Gasteiger partial charge >= 0.3 is 0 Å². The second-order valence-electron chi connectivity index (χ2n) is 7.95. The van der Waals surface area contributed by atoms with E-state index < -0.39 is 0 Å². The molecule has 0 radical (unpaired) electrons. The normalized spacial score (nSPS) is 18.7. The van der Waals surface area contributed by atoms with Gasteiger partial charge in [-0.1, -0.05) is 5.16 Å². The maximum Gasteiger partial charge on any atom is 0.213 e. The first kappa shape index (κ1) is 20.7. The Morgan fingerprint density at radius 2 is 2.07 bits per heavy atom. The highest BCUT2D eigenvalue weighted by molar-refractivity contribution is 5.80. The molecule has 1 aliphatic heterocycles. The zero-order valence-corrected chi connectivity index (χ0v) is 17.8. The molecule has 4 rings (SSSR count). The van der Waals surface area contributed by atoms with E-state index in [0.29, 0.717) is 12.6 Å². The van der Waals surface area contributed by atoms with Crippen molar-refractivity contribution < 1.29 is 9.26 Å². The van der Waals surface area contributed by atoms with E-state index in [1.54, 1.807) is 6.26 Å². The number of hydrogen-bond donors (Lipinski definition) is 1. The summed E-state index contributed by atoms with van der Waals surface area (Å²) in [5, 5.41) is 7.45. The van der Waals surface area contributed by atoms with Crippen LogP contribution in [0.4, 0.5) is 0 Å². The van der Waals surface area contributed by atoms with Crippen molar-refractivity contribution in [2.24, 2.45) is 4.99 Å². The van der Waals surface area contributed by atoms with Gasteiger partial charge < -0.3 is 19.5 Å². The van der Waals surface area contributed by atoms with Crippen LogP contribution in [0.2, 0.25) is 0 Å². The fraction of sp³-hybridized carbons (Fsp3) is 0.591. The summed E-state index contributed by atoms with van der Waals surface area (Å²) in [7, 11) is 0. The van der Waals surface area contributed by atoms with Crippen LogP contribution >= 0.6 is 0 Å². The molecule has 0 amide bonds. The van der Waals surface area contributed by atoms with E-state index in [1.165, 1.54) is 12.8 Å². The number of rotatable bonds is 7. The van der Waals surface area contributed by atoms with Gasteiger partial charge in [0.2, 0.25) is 5.88 Å². The molecule has 1 N–H and O–H groups in total. The summed E-state index contributed by atoms with van der Waals surface area (Å²) in [4.78, 5) is 14.0. The average Bonchev–Trinajstić information content (AvgIpc) is 3.47. The lowest BCUT2D eigenvalue weighted by Crippen LogP contribution is -2.52. The molecule has 30 heavy (non-hydrogen) atoms. The van der Waals surface area contributed by atoms with E-state index >= 15 is 0 Å². The van der Waals surface area contributed by atoms with Crippen LogP contribution in [0, 0.1) is 0 Å². The van der Waals surface area contributed by atoms with Crippen LogP contribution in [0.25, 0.3) is 0 Å². The maximum atomic E-state index is 6.04. The molecule has 0 unspecified atom stereocenters. The first-order chi connectivity index (χ1) is 14.8. The standard InChI is InChI=1S/C22H32N6O2/c1-2-23-22(28-12-10-27(11-13-28)17-19-8-14-29-26-19)25-16-18-7-9-24-21(15-18)30-20-5-3-4-6-20/h7-9,14-15,20H,2-6,10-13,16-17H2,1H3,(H,23,25). The topological polar surface area (TPSA) is 79.0 Å². The maximum absolute atomic E-state index is 6.04. The summed E-state index contributed by atoms with van der Waals surface area (Å²) in [6.07, 6.45) is 8.56. The SMILES string of the molecule is CCNC(=NCc1ccnc(OC2CCCC2)c1)N1CCN(Cc2ccon2)CC1. The summed E-state index contributed by atoms with van der Waals surface area (Å²) < 4.78 is 11.0. The lowest BCUT2D eigenvalue weighted by atomic mass is 10.2. The Hall–Kier alpha value is -2.61. The smallest absolute Gasteiger partial charge is 0.213 e. The Labute approximate surface area is 178 Å². The number of guanidine groups is 1. The quantitative estimate of drug-likeness (QED) is 0.553. The largest absolute Gasteiger partial charge is 0.474 e. The number of aliphatic imine (C=N–C) groups is 1. The fourth-order valence-electron chi connectivity index (χ4n) is 4.05. The molecule has 162 valence electrons. The van der Waals surface area contributed by atoms with Gasteiger partial charge in [0.05, 0.1) is 12.2 Å². The molecule has 1 saturated carbocycles. The van der Waals surface area contributed by atoms with Gasteiger partial charge in [0.25, 0.3) is 0 Å². The van der Waals surface area contributed by atoms with Crippen LogP contribution < -0.4 is 10.1 Å². The zero-order chi connectivity index (χ0) is 20.6. The summed E-state index contributed by atoms with van der Waals surface area (Å²) in [6.45, 7) is 8.24. The molecule has 2 fully saturated rings. The fourth-order valence-corrected chi connectivity index (χ4v) is 4.05. The molecule has 2 aliphatic rings. The average molecular weight is 413 g/mol. The number of pyridine rings is 1. The highest BCUT2D eigenvalue weighted by Gasteiger charge is 2.20. The summed E-state index contributed by atoms with van der Waals surface area (Å²) >= 11 is 0. The van der Waals surface area contributed by atoms with E-state index in [-0.39, 0.29) is 0 Å². The van der Waals surface area contributed by atoms with Gasteiger partial charge in [0, 0.05) is 57.6 Å². The second kappa shape index (κ2) is 10.4. The number of aromatic nitrogens is 2. The van der Waals surface area contributed by atoms with Gasteiger partial charge in [0.1, 0.15) is 12.4 Å². The number of nitrogens with one attached hydrogen (secondary N) is 1. The highest BCUT2D eigenvalue weighted by Crippen LogP contribution is 2.23. The minimum absolute atomic E-state index is 0.321. The van der Waals surface area contributed by atoms with Crippen LogP contribution in [0.5, 0.6) is 5.88 Å². The predicted octanol–water partition coefficient (Wildman–Crippen LogP) is 2.67. The molecule has 0 atom stereocenters. The van der Waals surface area contributed by atoms with Crippen LogP contribution in [0.3, 0.4) is 0 Å². The van der Waals surface area contributed by atoms with Crippen molar-refractivity contribution >= 4 is 5.96 Å². The number of nitrogens with zero attached hydrogens (tertiary/aromatic N) is 5. The van der Waals surface area contributed by atoms with Crippen molar-refractivity contribution in [3.05, 3.63) is 41.9 Å². The van der Waals surface area contributed by atoms with Crippen LogP contribution in [0.1, 0.15) is 43.9 Å². The molecule has 0 bridgehead atoms. The number of piperazine rings is 1. The third kappa shape index (κ3) is 5.72. The zero-order valence-electron chi connectivity index (χ0n) is 17.8. The molecular formula is C22H32N6O2. The lowest BCUT2D eigenvalue weighted by Gasteiger charge is -2.36. The minimum atomic E-state index is 0.321. The summed E-state index contributed by atoms with van der Waals surface area (Å²) in [6, 6.07) is 5.98. The van der Waals surface area contributed by atoms with Gasteiger partial charge in [-0.05, 0) is 44.2 Å². The minimum Gasteiger partial charge on any atom is -0.474 e. The molecule has 2 aromatic heterocycles. The van der Waals surface area contributed by atoms with Gasteiger partial charge in [-0.15, -0.1) is 0 Å². The molecule has 3 heterocycles. The lowest BCUT2D eigenvalue weighted by molar-refractivity contribution is 0.169. The summed E-state index contributed by atoms with van der Waals surface area (Å²) in [5.41, 5.74) is 2.11. The predicted molar refractivity (Wildman–Crippen MR) is 115 cm³/mol. The first-order valence-electron chi connectivity index (χ1n) is 11.1. The molecule has 2 aromatic rings. The van der Waals surface area contributed by atoms with E-state index in [0.717, 1.165) is 75.2 Å².